The van der Waals surface area contributed by atoms with Gasteiger partial charge in [0.1, 0.15) is 11.5 Å². The van der Waals surface area contributed by atoms with Gasteiger partial charge in [0.15, 0.2) is 0 Å². The Bertz CT molecular complexity index is 1080. The van der Waals surface area contributed by atoms with E-state index in [9.17, 15) is 0 Å². The lowest BCUT2D eigenvalue weighted by atomic mass is 9.90. The van der Waals surface area contributed by atoms with Crippen molar-refractivity contribution in [2.75, 3.05) is 0 Å². The minimum Gasteiger partial charge on any atom is -0.361 e. The number of hydrogen-bond donors (Lipinski definition) is 0. The molecule has 3 aromatic heterocycles. The molecule has 0 saturated heterocycles. The third-order valence-corrected chi connectivity index (χ3v) is 5.35. The second-order valence-corrected chi connectivity index (χ2v) is 15.8. The Morgan fingerprint density at radius 1 is 0.711 bits per heavy atom. The van der Waals surface area contributed by atoms with Gasteiger partial charge in [-0.05, 0) is 51.0 Å². The lowest BCUT2D eigenvalue weighted by Gasteiger charge is -2.14. The molecular weight excluding hydrogens is 556 g/mol. The van der Waals surface area contributed by atoms with Crippen LogP contribution in [0.3, 0.4) is 0 Å². The minimum atomic E-state index is 0. The van der Waals surface area contributed by atoms with Gasteiger partial charge in [-0.1, -0.05) is 122 Å². The molecule has 3 aromatic rings. The topological polar surface area (TPSA) is 69.9 Å². The van der Waals surface area contributed by atoms with Crippen molar-refractivity contribution >= 4 is 0 Å². The summed E-state index contributed by atoms with van der Waals surface area (Å²) in [5.41, 5.74) is 3.96. The first-order valence-corrected chi connectivity index (χ1v) is 14.6. The molecule has 6 nitrogen and oxygen atoms in total. The van der Waals surface area contributed by atoms with E-state index in [2.05, 4.69) is 117 Å². The fourth-order valence-corrected chi connectivity index (χ4v) is 2.24. The Hall–Kier alpha value is -3.07. The van der Waals surface area contributed by atoms with E-state index >= 15 is 0 Å². The van der Waals surface area contributed by atoms with E-state index in [4.69, 9.17) is 15.5 Å². The Balaban J connectivity index is -0.000000148. The summed E-state index contributed by atoms with van der Waals surface area (Å²) < 4.78 is 12.0. The lowest BCUT2D eigenvalue weighted by molar-refractivity contribution is 0.327. The predicted octanol–water partition coefficient (Wildman–Crippen LogP) is 12.1. The third kappa shape index (κ3) is 27.0. The molecule has 0 saturated carbocycles. The van der Waals surface area contributed by atoms with Gasteiger partial charge in [-0.25, -0.2) is 0 Å². The van der Waals surface area contributed by atoms with Gasteiger partial charge in [-0.3, -0.25) is 4.68 Å². The molecule has 0 amide bonds. The van der Waals surface area contributed by atoms with Crippen molar-refractivity contribution in [1.82, 2.24) is 20.1 Å². The number of aryl methyl sites for hydroxylation is 3. The molecule has 0 radical (unpaired) electrons. The van der Waals surface area contributed by atoms with Crippen LogP contribution in [0.15, 0.2) is 46.2 Å². The SMILES string of the molecule is C.C.C.C#CC(C)(C)C.C=CC(C)(C)C.Cc1cc(C(C)(C)C)on1.Cc1cc(C(C)(C)C)on1.Cn1cc(C(C)(C)C)cn1. The van der Waals surface area contributed by atoms with Crippen molar-refractivity contribution in [1.29, 1.82) is 0 Å². The van der Waals surface area contributed by atoms with Gasteiger partial charge >= 0.3 is 0 Å². The fourth-order valence-electron chi connectivity index (χ4n) is 2.24. The van der Waals surface area contributed by atoms with Gasteiger partial charge in [0.25, 0.3) is 0 Å². The minimum absolute atomic E-state index is 0. The van der Waals surface area contributed by atoms with Crippen LogP contribution in [0.25, 0.3) is 0 Å². The Morgan fingerprint density at radius 3 is 1.11 bits per heavy atom. The second kappa shape index (κ2) is 20.9. The van der Waals surface area contributed by atoms with Gasteiger partial charge in [-0.15, -0.1) is 18.9 Å². The van der Waals surface area contributed by atoms with E-state index in [1.165, 1.54) is 5.56 Å². The van der Waals surface area contributed by atoms with Crippen LogP contribution in [-0.4, -0.2) is 20.1 Å². The maximum absolute atomic E-state index is 5.08. The molecule has 0 aromatic carbocycles. The molecule has 0 atom stereocenters. The summed E-state index contributed by atoms with van der Waals surface area (Å²) in [5, 5.41) is 11.7. The van der Waals surface area contributed by atoms with Gasteiger partial charge in [-0.2, -0.15) is 5.10 Å². The summed E-state index contributed by atoms with van der Waals surface area (Å²) in [4.78, 5) is 0. The highest BCUT2D eigenvalue weighted by Gasteiger charge is 2.19. The second-order valence-electron chi connectivity index (χ2n) is 15.8. The molecule has 0 spiro atoms. The standard InChI is InChI=1S/C8H14N2.2C8H13NO.C6H12.C6H10.3CH4/c1-8(2,3)7-5-9-10(4)6-7;2*1-6-5-7(10-9-6)8(2,3)4;2*1-5-6(2,3)4;;;/h5-6H,1-4H3;2*5H,1-4H3;5H,1H2,2-4H3;1H,2-4H3;3*1H4. The Morgan fingerprint density at radius 2 is 1.02 bits per heavy atom. The van der Waals surface area contributed by atoms with E-state index in [-0.39, 0.29) is 43.9 Å². The average Bonchev–Trinajstić information content (AvgIpc) is 3.55. The molecule has 0 fully saturated rings. The molecule has 45 heavy (non-hydrogen) atoms. The molecule has 0 bridgehead atoms. The number of allylic oxidation sites excluding steroid dienone is 1. The van der Waals surface area contributed by atoms with Crippen LogP contribution in [0, 0.1) is 37.0 Å². The highest BCUT2D eigenvalue weighted by molar-refractivity contribution is 5.15. The monoisotopic (exact) mass is 631 g/mol. The number of aromatic nitrogens is 4. The first-order chi connectivity index (χ1) is 18.6. The van der Waals surface area contributed by atoms with Crippen molar-refractivity contribution in [3.8, 4) is 12.3 Å². The lowest BCUT2D eigenvalue weighted by Crippen LogP contribution is -2.09. The highest BCUT2D eigenvalue weighted by Crippen LogP contribution is 2.23. The van der Waals surface area contributed by atoms with Crippen molar-refractivity contribution in [3.05, 3.63) is 65.7 Å². The van der Waals surface area contributed by atoms with Crippen LogP contribution in [0.1, 0.15) is 155 Å². The fraction of sp³-hybridized carbons (Fsp3) is 0.667. The molecule has 0 unspecified atom stereocenters. The number of hydrogen-bond acceptors (Lipinski definition) is 5. The van der Waals surface area contributed by atoms with Crippen molar-refractivity contribution in [2.24, 2.45) is 17.9 Å². The number of rotatable bonds is 0. The van der Waals surface area contributed by atoms with Gasteiger partial charge < -0.3 is 9.05 Å². The number of terminal acetylenes is 1. The molecule has 262 valence electrons. The molecule has 0 aliphatic carbocycles. The Kier molecular flexibility index (Phi) is 23.9. The molecule has 3 heterocycles. The maximum Gasteiger partial charge on any atom is 0.142 e. The van der Waals surface area contributed by atoms with E-state index < -0.39 is 0 Å². The quantitative estimate of drug-likeness (QED) is 0.182. The summed E-state index contributed by atoms with van der Waals surface area (Å²) >= 11 is 0. The van der Waals surface area contributed by atoms with Crippen molar-refractivity contribution in [3.63, 3.8) is 0 Å². The van der Waals surface area contributed by atoms with Crippen LogP contribution in [0.4, 0.5) is 0 Å². The van der Waals surface area contributed by atoms with Gasteiger partial charge in [0.2, 0.25) is 0 Å². The summed E-state index contributed by atoms with van der Waals surface area (Å²) in [7, 11) is 1.94. The normalized spacial score (nSPS) is 10.9. The average molecular weight is 631 g/mol. The largest absolute Gasteiger partial charge is 0.361 e. The highest BCUT2D eigenvalue weighted by atomic mass is 16.5. The van der Waals surface area contributed by atoms with Gasteiger partial charge in [0.05, 0.1) is 17.6 Å². The smallest absolute Gasteiger partial charge is 0.142 e. The summed E-state index contributed by atoms with van der Waals surface area (Å²) in [5.74, 6) is 4.50. The molecule has 3 rings (SSSR count). The number of nitrogens with zero attached hydrogens (tertiary/aromatic N) is 4. The molecular formula is C39H74N4O2. The summed E-state index contributed by atoms with van der Waals surface area (Å²) in [6, 6.07) is 3.94. The zero-order valence-corrected chi connectivity index (χ0v) is 30.3. The zero-order chi connectivity index (χ0) is 33.7. The molecule has 0 N–H and O–H groups in total. The first kappa shape index (κ1) is 51.5. The van der Waals surface area contributed by atoms with Crippen LogP contribution in [0.2, 0.25) is 0 Å². The third-order valence-electron chi connectivity index (χ3n) is 5.35. The summed E-state index contributed by atoms with van der Waals surface area (Å²) in [6.07, 6.45) is 11.0. The molecule has 0 aliphatic heterocycles. The van der Waals surface area contributed by atoms with E-state index in [0.717, 1.165) is 22.9 Å². The van der Waals surface area contributed by atoms with Crippen LogP contribution < -0.4 is 0 Å². The van der Waals surface area contributed by atoms with Crippen molar-refractivity contribution < 1.29 is 9.05 Å². The zero-order valence-electron chi connectivity index (χ0n) is 30.3. The summed E-state index contributed by atoms with van der Waals surface area (Å²) in [6.45, 7) is 39.1. The first-order valence-electron chi connectivity index (χ1n) is 14.6. The van der Waals surface area contributed by atoms with Crippen molar-refractivity contribution in [2.45, 2.75) is 156 Å². The van der Waals surface area contributed by atoms with Gasteiger partial charge in [0, 0.05) is 41.6 Å². The Labute approximate surface area is 280 Å². The van der Waals surface area contributed by atoms with Crippen LogP contribution in [-0.2, 0) is 23.3 Å². The molecule has 6 heteroatoms. The van der Waals surface area contributed by atoms with E-state index in [1.807, 2.05) is 70.8 Å². The maximum atomic E-state index is 5.08. The van der Waals surface area contributed by atoms with E-state index in [0.29, 0.717) is 5.41 Å². The van der Waals surface area contributed by atoms with Crippen LogP contribution >= 0.6 is 0 Å². The van der Waals surface area contributed by atoms with E-state index in [1.54, 1.807) is 0 Å². The molecule has 0 aliphatic rings. The predicted molar refractivity (Wildman–Crippen MR) is 200 cm³/mol. The van der Waals surface area contributed by atoms with Crippen LogP contribution in [0.5, 0.6) is 0 Å².